The zero-order valence-corrected chi connectivity index (χ0v) is 19.0. The van der Waals surface area contributed by atoms with E-state index in [-0.39, 0.29) is 21.9 Å². The second-order valence-electron chi connectivity index (χ2n) is 8.10. The first kappa shape index (κ1) is 23.0. The molecule has 8 nitrogen and oxygen atoms in total. The molecule has 8 heteroatoms. The molecule has 0 fully saturated rings. The normalized spacial score (nSPS) is 12.9. The van der Waals surface area contributed by atoms with Crippen molar-refractivity contribution in [3.8, 4) is 0 Å². The molecule has 4 rings (SSSR count). The predicted octanol–water partition coefficient (Wildman–Crippen LogP) is 4.42. The highest BCUT2D eigenvalue weighted by Crippen LogP contribution is 2.34. The van der Waals surface area contributed by atoms with Crippen LogP contribution in [-0.2, 0) is 19.1 Å². The molecule has 0 aliphatic rings. The van der Waals surface area contributed by atoms with Crippen LogP contribution in [0.2, 0.25) is 0 Å². The number of carbonyl (C=O) groups is 2. The van der Waals surface area contributed by atoms with Crippen LogP contribution in [0.5, 0.6) is 0 Å². The second-order valence-corrected chi connectivity index (χ2v) is 8.10. The Balaban J connectivity index is 1.95. The Bertz CT molecular complexity index is 1430. The van der Waals surface area contributed by atoms with Crippen LogP contribution in [-0.4, -0.2) is 11.9 Å². The van der Waals surface area contributed by atoms with Gasteiger partial charge in [-0.25, -0.2) is 0 Å². The summed E-state index contributed by atoms with van der Waals surface area (Å²) >= 11 is 0. The van der Waals surface area contributed by atoms with E-state index in [0.29, 0.717) is 11.2 Å². The average molecular weight is 462 g/mol. The molecule has 0 saturated carbocycles. The molecular formula is C26H22O8. The van der Waals surface area contributed by atoms with Crippen LogP contribution in [0, 0.1) is 13.8 Å². The van der Waals surface area contributed by atoms with Gasteiger partial charge in [-0.2, -0.15) is 0 Å². The van der Waals surface area contributed by atoms with Crippen molar-refractivity contribution in [2.24, 2.45) is 0 Å². The van der Waals surface area contributed by atoms with Crippen molar-refractivity contribution in [3.05, 3.63) is 91.6 Å². The Morgan fingerprint density at radius 2 is 1.09 bits per heavy atom. The topological polar surface area (TPSA) is 113 Å². The van der Waals surface area contributed by atoms with E-state index in [1.54, 1.807) is 36.4 Å². The molecule has 0 N–H and O–H groups in total. The monoisotopic (exact) mass is 462 g/mol. The van der Waals surface area contributed by atoms with Gasteiger partial charge in [-0.05, 0) is 49.2 Å². The van der Waals surface area contributed by atoms with Gasteiger partial charge >= 0.3 is 11.9 Å². The van der Waals surface area contributed by atoms with Crippen molar-refractivity contribution in [2.75, 3.05) is 0 Å². The molecule has 2 unspecified atom stereocenters. The third-order valence-electron chi connectivity index (χ3n) is 5.39. The zero-order valence-electron chi connectivity index (χ0n) is 19.0. The Kier molecular flexibility index (Phi) is 6.06. The minimum Gasteiger partial charge on any atom is -0.464 e. The maximum Gasteiger partial charge on any atom is 0.303 e. The van der Waals surface area contributed by atoms with Crippen LogP contribution < -0.4 is 10.9 Å². The van der Waals surface area contributed by atoms with E-state index >= 15 is 0 Å². The second kappa shape index (κ2) is 8.97. The minimum absolute atomic E-state index is 0.0822. The van der Waals surface area contributed by atoms with Gasteiger partial charge < -0.3 is 18.3 Å². The van der Waals surface area contributed by atoms with Gasteiger partial charge in [-0.15, -0.1) is 0 Å². The smallest absolute Gasteiger partial charge is 0.303 e. The molecule has 0 spiro atoms. The van der Waals surface area contributed by atoms with Crippen molar-refractivity contribution >= 4 is 33.9 Å². The third-order valence-corrected chi connectivity index (χ3v) is 5.39. The van der Waals surface area contributed by atoms with E-state index < -0.39 is 35.0 Å². The number of rotatable bonds is 5. The lowest BCUT2D eigenvalue weighted by Crippen LogP contribution is -2.29. The summed E-state index contributed by atoms with van der Waals surface area (Å²) in [6.45, 7) is 6.00. The summed E-state index contributed by atoms with van der Waals surface area (Å²) in [5.74, 6) is -1.49. The number of aryl methyl sites for hydroxylation is 2. The van der Waals surface area contributed by atoms with Crippen LogP contribution >= 0.6 is 0 Å². The van der Waals surface area contributed by atoms with Gasteiger partial charge in [0.2, 0.25) is 0 Å². The van der Waals surface area contributed by atoms with E-state index in [1.165, 1.54) is 0 Å². The van der Waals surface area contributed by atoms with E-state index in [0.717, 1.165) is 37.5 Å². The fourth-order valence-corrected chi connectivity index (χ4v) is 3.83. The number of fused-ring (bicyclic) bond motifs is 2. The van der Waals surface area contributed by atoms with Crippen molar-refractivity contribution in [1.29, 1.82) is 0 Å². The molecule has 0 bridgehead atoms. The molecule has 4 aromatic rings. The van der Waals surface area contributed by atoms with E-state index in [9.17, 15) is 19.2 Å². The van der Waals surface area contributed by atoms with Crippen molar-refractivity contribution in [3.63, 3.8) is 0 Å². The number of hydrogen-bond acceptors (Lipinski definition) is 8. The molecule has 2 heterocycles. The fraction of sp³-hybridized carbons (Fsp3) is 0.231. The number of carbonyl (C=O) groups excluding carboxylic acids is 2. The van der Waals surface area contributed by atoms with Crippen LogP contribution in [0.4, 0.5) is 0 Å². The Morgan fingerprint density at radius 1 is 0.706 bits per heavy atom. The lowest BCUT2D eigenvalue weighted by atomic mass is 9.97. The molecule has 0 saturated heterocycles. The average Bonchev–Trinajstić information content (AvgIpc) is 2.76. The Morgan fingerprint density at radius 3 is 1.44 bits per heavy atom. The summed E-state index contributed by atoms with van der Waals surface area (Å²) in [4.78, 5) is 50.7. The molecule has 2 aromatic heterocycles. The van der Waals surface area contributed by atoms with Gasteiger partial charge in [-0.3, -0.25) is 19.2 Å². The summed E-state index contributed by atoms with van der Waals surface area (Å²) in [5, 5.41) is 0.505. The first-order valence-corrected chi connectivity index (χ1v) is 10.5. The van der Waals surface area contributed by atoms with Crippen molar-refractivity contribution in [2.45, 2.75) is 39.9 Å². The van der Waals surface area contributed by atoms with Crippen LogP contribution in [0.1, 0.15) is 48.3 Å². The van der Waals surface area contributed by atoms with E-state index in [1.807, 2.05) is 13.8 Å². The quantitative estimate of drug-likeness (QED) is 0.401. The maximum absolute atomic E-state index is 13.3. The lowest BCUT2D eigenvalue weighted by Gasteiger charge is -2.25. The predicted molar refractivity (Wildman–Crippen MR) is 123 cm³/mol. The van der Waals surface area contributed by atoms with Gasteiger partial charge in [-0.1, -0.05) is 12.1 Å². The standard InChI is InChI=1S/C26H22O8/c1-13-5-7-17-21(9-13)31-11-19(23(17)29)25(33-15(3)27)26(34-16(4)28)20-12-32-22-10-14(2)6-8-18(22)24(20)30/h5-12,25-26H,1-4H3. The van der Waals surface area contributed by atoms with Gasteiger partial charge in [0.1, 0.15) is 23.7 Å². The summed E-state index contributed by atoms with van der Waals surface area (Å²) in [6.07, 6.45) is -0.594. The Hall–Kier alpha value is -4.20. The molecule has 0 radical (unpaired) electrons. The molecule has 0 aliphatic heterocycles. The first-order valence-electron chi connectivity index (χ1n) is 10.5. The van der Waals surface area contributed by atoms with Crippen LogP contribution in [0.3, 0.4) is 0 Å². The van der Waals surface area contributed by atoms with Crippen molar-refractivity contribution in [1.82, 2.24) is 0 Å². The van der Waals surface area contributed by atoms with Gasteiger partial charge in [0.15, 0.2) is 23.1 Å². The third kappa shape index (κ3) is 4.34. The fourth-order valence-electron chi connectivity index (χ4n) is 3.83. The largest absolute Gasteiger partial charge is 0.464 e. The highest BCUT2D eigenvalue weighted by atomic mass is 16.6. The van der Waals surface area contributed by atoms with Gasteiger partial charge in [0.25, 0.3) is 0 Å². The number of hydrogen-bond donors (Lipinski definition) is 0. The maximum atomic E-state index is 13.3. The molecule has 34 heavy (non-hydrogen) atoms. The molecule has 0 amide bonds. The molecular weight excluding hydrogens is 440 g/mol. The molecule has 2 aromatic carbocycles. The summed E-state index contributed by atoms with van der Waals surface area (Å²) in [5.41, 5.74) is 1.35. The number of benzene rings is 2. The lowest BCUT2D eigenvalue weighted by molar-refractivity contribution is -0.167. The summed E-state index contributed by atoms with van der Waals surface area (Å²) in [6, 6.07) is 10.1. The molecule has 2 atom stereocenters. The Labute approximate surface area is 193 Å². The molecule has 174 valence electrons. The van der Waals surface area contributed by atoms with E-state index in [4.69, 9.17) is 18.3 Å². The zero-order chi connectivity index (χ0) is 24.6. The number of ether oxygens (including phenoxy) is 2. The van der Waals surface area contributed by atoms with E-state index in [2.05, 4.69) is 0 Å². The van der Waals surface area contributed by atoms with Crippen molar-refractivity contribution < 1.29 is 27.9 Å². The van der Waals surface area contributed by atoms with Gasteiger partial charge in [0.05, 0.1) is 21.9 Å². The minimum atomic E-state index is -1.45. The summed E-state index contributed by atoms with van der Waals surface area (Å²) < 4.78 is 22.2. The highest BCUT2D eigenvalue weighted by Gasteiger charge is 2.36. The SMILES string of the molecule is CC(=O)OC(c1coc2cc(C)ccc2c1=O)C(OC(C)=O)c1coc2cc(C)ccc2c1=O. The van der Waals surface area contributed by atoms with Gasteiger partial charge in [0, 0.05) is 13.8 Å². The molecule has 0 aliphatic carbocycles. The highest BCUT2D eigenvalue weighted by molar-refractivity contribution is 5.79. The van der Waals surface area contributed by atoms with Crippen LogP contribution in [0.25, 0.3) is 21.9 Å². The van der Waals surface area contributed by atoms with Crippen LogP contribution in [0.15, 0.2) is 67.3 Å². The summed E-state index contributed by atoms with van der Waals surface area (Å²) in [7, 11) is 0. The first-order chi connectivity index (χ1) is 16.2. The number of esters is 2.